The number of fused-ring (bicyclic) bond motifs is 1. The van der Waals surface area contributed by atoms with Crippen LogP contribution >= 0.6 is 0 Å². The Morgan fingerprint density at radius 3 is 3.00 bits per heavy atom. The molecule has 1 aliphatic heterocycles. The van der Waals surface area contributed by atoms with Gasteiger partial charge in [-0.1, -0.05) is 18.2 Å². The smallest absolute Gasteiger partial charge is 0.144 e. The highest BCUT2D eigenvalue weighted by Gasteiger charge is 2.24. The van der Waals surface area contributed by atoms with Crippen LogP contribution in [0.4, 0.5) is 5.82 Å². The summed E-state index contributed by atoms with van der Waals surface area (Å²) in [5.74, 6) is 1.63. The molecule has 1 aliphatic rings. The average molecular weight is 320 g/mol. The molecule has 0 spiro atoms. The van der Waals surface area contributed by atoms with Crippen LogP contribution in [-0.4, -0.2) is 53.2 Å². The second-order valence-corrected chi connectivity index (χ2v) is 6.63. The van der Waals surface area contributed by atoms with Crippen LogP contribution in [0.5, 0.6) is 0 Å². The first-order valence-electron chi connectivity index (χ1n) is 8.36. The molecule has 24 heavy (non-hydrogen) atoms. The summed E-state index contributed by atoms with van der Waals surface area (Å²) in [4.78, 5) is 6.95. The van der Waals surface area contributed by atoms with Crippen molar-refractivity contribution in [3.05, 3.63) is 42.6 Å². The van der Waals surface area contributed by atoms with Gasteiger partial charge in [0.1, 0.15) is 31.8 Å². The summed E-state index contributed by atoms with van der Waals surface area (Å²) in [6.45, 7) is 2.07. The number of H-pyrrole nitrogens is 1. The van der Waals surface area contributed by atoms with Gasteiger partial charge in [-0.2, -0.15) is 5.10 Å². The maximum absolute atomic E-state index is 4.59. The third-order valence-corrected chi connectivity index (χ3v) is 4.55. The number of nitrogens with zero attached hydrogens (tertiary/aromatic N) is 4. The molecule has 2 aromatic heterocycles. The lowest BCUT2D eigenvalue weighted by Crippen LogP contribution is -2.22. The van der Waals surface area contributed by atoms with Crippen molar-refractivity contribution in [2.75, 3.05) is 32.1 Å². The standard InChI is InChI=1S/C19H22N5/c1-23(2)12-14-8-10-24(13-14)18-11-15(7-9-20-18)19-16-5-3-4-6-17(16)21-22-19/h3-7,9,11-12,14H,8,10,13H2,1-2H3,(H,21,22)/q+1. The number of pyridine rings is 1. The van der Waals surface area contributed by atoms with Crippen LogP contribution in [0.1, 0.15) is 6.42 Å². The summed E-state index contributed by atoms with van der Waals surface area (Å²) in [6.07, 6.45) is 5.36. The third-order valence-electron chi connectivity index (χ3n) is 4.55. The van der Waals surface area contributed by atoms with Crippen molar-refractivity contribution < 1.29 is 4.58 Å². The van der Waals surface area contributed by atoms with Crippen molar-refractivity contribution in [2.24, 2.45) is 5.92 Å². The molecule has 3 heterocycles. The molecule has 122 valence electrons. The van der Waals surface area contributed by atoms with Gasteiger partial charge in [0.25, 0.3) is 0 Å². The van der Waals surface area contributed by atoms with Crippen LogP contribution in [0.15, 0.2) is 42.6 Å². The van der Waals surface area contributed by atoms with Gasteiger partial charge in [0.15, 0.2) is 0 Å². The van der Waals surface area contributed by atoms with E-state index in [1.54, 1.807) is 0 Å². The molecule has 4 rings (SSSR count). The Morgan fingerprint density at radius 1 is 1.25 bits per heavy atom. The maximum Gasteiger partial charge on any atom is 0.144 e. The molecule has 0 radical (unpaired) electrons. The predicted molar refractivity (Wildman–Crippen MR) is 97.8 cm³/mol. The van der Waals surface area contributed by atoms with Gasteiger partial charge in [-0.15, -0.1) is 0 Å². The number of aromatic amines is 1. The zero-order valence-corrected chi connectivity index (χ0v) is 14.1. The van der Waals surface area contributed by atoms with Gasteiger partial charge in [0, 0.05) is 30.2 Å². The third kappa shape index (κ3) is 2.77. The molecule has 5 nitrogen and oxygen atoms in total. The Labute approximate surface area is 141 Å². The van der Waals surface area contributed by atoms with E-state index in [0.29, 0.717) is 5.92 Å². The molecule has 0 amide bonds. The monoisotopic (exact) mass is 320 g/mol. The number of aromatic nitrogens is 3. The van der Waals surface area contributed by atoms with E-state index >= 15 is 0 Å². The molecule has 5 heteroatoms. The number of hydrogen-bond donors (Lipinski definition) is 1. The van der Waals surface area contributed by atoms with Crippen LogP contribution in [0, 0.1) is 5.92 Å². The second kappa shape index (κ2) is 6.07. The molecule has 0 aliphatic carbocycles. The van der Waals surface area contributed by atoms with Gasteiger partial charge in [-0.3, -0.25) is 5.10 Å². The fraction of sp³-hybridized carbons (Fsp3) is 0.316. The van der Waals surface area contributed by atoms with E-state index in [1.165, 1.54) is 6.42 Å². The Balaban J connectivity index is 1.64. The quantitative estimate of drug-likeness (QED) is 0.596. The highest BCUT2D eigenvalue weighted by molar-refractivity contribution is 5.93. The Morgan fingerprint density at radius 2 is 2.12 bits per heavy atom. The number of rotatable bonds is 3. The molecule has 1 N–H and O–H groups in total. The average Bonchev–Trinajstić information content (AvgIpc) is 3.21. The molecule has 1 saturated heterocycles. The number of para-hydroxylation sites is 1. The van der Waals surface area contributed by atoms with E-state index in [2.05, 4.69) is 63.2 Å². The van der Waals surface area contributed by atoms with Crippen molar-refractivity contribution in [1.82, 2.24) is 15.2 Å². The number of anilines is 1. The molecule has 1 unspecified atom stereocenters. The van der Waals surface area contributed by atoms with E-state index in [9.17, 15) is 0 Å². The SMILES string of the molecule is C[N+](C)=CC1CCN(c2cc(-c3n[nH]c4ccccc34)ccn2)C1. The van der Waals surface area contributed by atoms with Crippen molar-refractivity contribution in [2.45, 2.75) is 6.42 Å². The number of nitrogens with one attached hydrogen (secondary N) is 1. The molecule has 1 fully saturated rings. The van der Waals surface area contributed by atoms with Crippen molar-refractivity contribution in [3.63, 3.8) is 0 Å². The van der Waals surface area contributed by atoms with Gasteiger partial charge < -0.3 is 4.90 Å². The van der Waals surface area contributed by atoms with Gasteiger partial charge in [-0.25, -0.2) is 9.56 Å². The van der Waals surface area contributed by atoms with Gasteiger partial charge in [0.05, 0.1) is 11.4 Å². The summed E-state index contributed by atoms with van der Waals surface area (Å²) in [7, 11) is 4.18. The number of benzene rings is 1. The minimum Gasteiger partial charge on any atom is -0.356 e. The molecule has 1 aromatic carbocycles. The van der Waals surface area contributed by atoms with E-state index in [4.69, 9.17) is 0 Å². The first-order chi connectivity index (χ1) is 11.7. The van der Waals surface area contributed by atoms with Crippen LogP contribution in [0.3, 0.4) is 0 Å². The summed E-state index contributed by atoms with van der Waals surface area (Å²) in [6, 6.07) is 12.4. The summed E-state index contributed by atoms with van der Waals surface area (Å²) < 4.78 is 2.15. The predicted octanol–water partition coefficient (Wildman–Crippen LogP) is 2.79. The first kappa shape index (κ1) is 14.9. The van der Waals surface area contributed by atoms with Crippen molar-refractivity contribution >= 4 is 22.9 Å². The lowest BCUT2D eigenvalue weighted by molar-refractivity contribution is -0.461. The maximum atomic E-state index is 4.59. The van der Waals surface area contributed by atoms with E-state index in [0.717, 1.165) is 41.1 Å². The van der Waals surface area contributed by atoms with E-state index in [1.807, 2.05) is 24.4 Å². The number of hydrogen-bond acceptors (Lipinski definition) is 3. The van der Waals surface area contributed by atoms with E-state index in [-0.39, 0.29) is 0 Å². The normalized spacial score (nSPS) is 17.4. The molecular weight excluding hydrogens is 298 g/mol. The zero-order chi connectivity index (χ0) is 16.5. The van der Waals surface area contributed by atoms with Crippen LogP contribution < -0.4 is 4.90 Å². The Hall–Kier alpha value is -2.69. The largest absolute Gasteiger partial charge is 0.356 e. The minimum absolute atomic E-state index is 0.594. The minimum atomic E-state index is 0.594. The zero-order valence-electron chi connectivity index (χ0n) is 14.1. The topological polar surface area (TPSA) is 47.8 Å². The highest BCUT2D eigenvalue weighted by Crippen LogP contribution is 2.29. The summed E-state index contributed by atoms with van der Waals surface area (Å²) in [5.41, 5.74) is 3.16. The van der Waals surface area contributed by atoms with Gasteiger partial charge in [-0.05, 0) is 24.6 Å². The van der Waals surface area contributed by atoms with Gasteiger partial charge in [0.2, 0.25) is 0 Å². The van der Waals surface area contributed by atoms with E-state index < -0.39 is 0 Å². The molecule has 3 aromatic rings. The van der Waals surface area contributed by atoms with Crippen LogP contribution in [0.2, 0.25) is 0 Å². The Kier molecular flexibility index (Phi) is 3.76. The van der Waals surface area contributed by atoms with Crippen molar-refractivity contribution in [3.8, 4) is 11.3 Å². The molecular formula is C19H22N5+. The molecule has 0 bridgehead atoms. The lowest BCUT2D eigenvalue weighted by atomic mass is 10.1. The second-order valence-electron chi connectivity index (χ2n) is 6.63. The van der Waals surface area contributed by atoms with Crippen molar-refractivity contribution in [1.29, 1.82) is 0 Å². The molecule has 1 atom stereocenters. The summed E-state index contributed by atoms with van der Waals surface area (Å²) in [5, 5.41) is 8.76. The fourth-order valence-corrected chi connectivity index (χ4v) is 3.46. The fourth-order valence-electron chi connectivity index (χ4n) is 3.46. The highest BCUT2D eigenvalue weighted by atomic mass is 15.2. The van der Waals surface area contributed by atoms with Gasteiger partial charge >= 0.3 is 0 Å². The van der Waals surface area contributed by atoms with Crippen LogP contribution in [0.25, 0.3) is 22.2 Å². The first-order valence-corrected chi connectivity index (χ1v) is 8.36. The summed E-state index contributed by atoms with van der Waals surface area (Å²) >= 11 is 0. The molecule has 0 saturated carbocycles. The lowest BCUT2D eigenvalue weighted by Gasteiger charge is -2.17. The van der Waals surface area contributed by atoms with Crippen LogP contribution in [-0.2, 0) is 0 Å². The Bertz CT molecular complexity index is 891.